The number of carbonyl (C=O) groups is 1. The first kappa shape index (κ1) is 17.7. The molecule has 2 fully saturated rings. The third kappa shape index (κ3) is 3.56. The van der Waals surface area contributed by atoms with Gasteiger partial charge in [0.15, 0.2) is 0 Å². The Hall–Kier alpha value is -1.69. The highest BCUT2D eigenvalue weighted by Gasteiger charge is 2.32. The van der Waals surface area contributed by atoms with Gasteiger partial charge in [-0.1, -0.05) is 12.8 Å². The molecule has 1 aliphatic carbocycles. The highest BCUT2D eigenvalue weighted by Crippen LogP contribution is 2.32. The lowest BCUT2D eigenvalue weighted by Gasteiger charge is -2.26. The van der Waals surface area contributed by atoms with Crippen molar-refractivity contribution in [2.75, 3.05) is 39.0 Å². The molecular weight excluding hydrogens is 326 g/mol. The summed E-state index contributed by atoms with van der Waals surface area (Å²) in [5.74, 6) is 3.13. The number of rotatable bonds is 4. The van der Waals surface area contributed by atoms with Crippen LogP contribution >= 0.6 is 0 Å². The normalized spacial score (nSPS) is 24.1. The van der Waals surface area contributed by atoms with Gasteiger partial charge in [0.1, 0.15) is 11.6 Å². The Morgan fingerprint density at radius 1 is 1.19 bits per heavy atom. The van der Waals surface area contributed by atoms with Crippen LogP contribution in [-0.2, 0) is 17.8 Å². The van der Waals surface area contributed by atoms with Gasteiger partial charge in [-0.15, -0.1) is 0 Å². The maximum absolute atomic E-state index is 12.6. The van der Waals surface area contributed by atoms with E-state index in [2.05, 4.69) is 22.2 Å². The fraction of sp³-hybridized carbons (Fsp3) is 0.750. The van der Waals surface area contributed by atoms with Crippen molar-refractivity contribution >= 4 is 11.7 Å². The summed E-state index contributed by atoms with van der Waals surface area (Å²) in [6.45, 7) is 3.59. The second-order valence-electron chi connectivity index (χ2n) is 8.27. The molecule has 3 aliphatic rings. The monoisotopic (exact) mass is 357 g/mol. The number of nitrogens with zero attached hydrogens (tertiary/aromatic N) is 4. The Balaban J connectivity index is 1.45. The van der Waals surface area contributed by atoms with E-state index in [4.69, 9.17) is 9.97 Å². The van der Waals surface area contributed by atoms with Crippen LogP contribution in [-0.4, -0.2) is 59.4 Å². The predicted molar refractivity (Wildman–Crippen MR) is 102 cm³/mol. The molecule has 6 nitrogen and oxygen atoms in total. The van der Waals surface area contributed by atoms with E-state index in [1.54, 1.807) is 0 Å². The quantitative estimate of drug-likeness (QED) is 0.897. The van der Waals surface area contributed by atoms with Gasteiger partial charge in [0.25, 0.3) is 0 Å². The van der Waals surface area contributed by atoms with Crippen molar-refractivity contribution in [2.45, 2.75) is 57.4 Å². The number of aromatic nitrogens is 2. The minimum Gasteiger partial charge on any atom is -0.373 e. The van der Waals surface area contributed by atoms with E-state index in [1.807, 2.05) is 7.05 Å². The van der Waals surface area contributed by atoms with Crippen molar-refractivity contribution in [1.29, 1.82) is 0 Å². The van der Waals surface area contributed by atoms with Gasteiger partial charge in [-0.25, -0.2) is 9.97 Å². The molecule has 1 atom stereocenters. The first-order valence-corrected chi connectivity index (χ1v) is 10.2. The van der Waals surface area contributed by atoms with Crippen molar-refractivity contribution in [3.05, 3.63) is 17.1 Å². The molecule has 0 spiro atoms. The summed E-state index contributed by atoms with van der Waals surface area (Å²) >= 11 is 0. The van der Waals surface area contributed by atoms with Crippen LogP contribution in [0.4, 0.5) is 5.82 Å². The van der Waals surface area contributed by atoms with Gasteiger partial charge in [0, 0.05) is 57.5 Å². The molecule has 3 heterocycles. The first-order valence-electron chi connectivity index (χ1n) is 10.2. The van der Waals surface area contributed by atoms with E-state index >= 15 is 0 Å². The third-order valence-electron chi connectivity index (χ3n) is 6.35. The molecule has 26 heavy (non-hydrogen) atoms. The average molecular weight is 358 g/mol. The van der Waals surface area contributed by atoms with Gasteiger partial charge < -0.3 is 15.1 Å². The number of amides is 1. The zero-order valence-electron chi connectivity index (χ0n) is 16.1. The zero-order chi connectivity index (χ0) is 18.1. The van der Waals surface area contributed by atoms with Crippen molar-refractivity contribution < 1.29 is 4.79 Å². The lowest BCUT2D eigenvalue weighted by molar-refractivity contribution is -0.131. The fourth-order valence-electron chi connectivity index (χ4n) is 4.75. The molecule has 1 aromatic rings. The second-order valence-corrected chi connectivity index (χ2v) is 8.27. The maximum Gasteiger partial charge on any atom is 0.222 e. The van der Waals surface area contributed by atoms with E-state index in [-0.39, 0.29) is 5.92 Å². The summed E-state index contributed by atoms with van der Waals surface area (Å²) in [6, 6.07) is 0. The fourth-order valence-corrected chi connectivity index (χ4v) is 4.75. The van der Waals surface area contributed by atoms with Crippen LogP contribution in [0.15, 0.2) is 0 Å². The van der Waals surface area contributed by atoms with Crippen LogP contribution in [0.2, 0.25) is 0 Å². The number of hydrogen-bond donors (Lipinski definition) is 1. The van der Waals surface area contributed by atoms with Crippen molar-refractivity contribution in [3.8, 4) is 0 Å². The number of carbonyl (C=O) groups excluding carboxylic acids is 1. The molecule has 1 N–H and O–H groups in total. The molecule has 6 heteroatoms. The summed E-state index contributed by atoms with van der Waals surface area (Å²) in [6.07, 6.45) is 7.77. The number of fused-ring (bicyclic) bond motifs is 1. The summed E-state index contributed by atoms with van der Waals surface area (Å²) in [7, 11) is 4.08. The molecular formula is C20H31N5O. The van der Waals surface area contributed by atoms with Crippen molar-refractivity contribution in [3.63, 3.8) is 0 Å². The summed E-state index contributed by atoms with van der Waals surface area (Å²) < 4.78 is 0. The molecule has 0 bridgehead atoms. The predicted octanol–water partition coefficient (Wildman–Crippen LogP) is 2.40. The molecule has 1 aromatic heterocycles. The smallest absolute Gasteiger partial charge is 0.222 e. The second kappa shape index (κ2) is 7.51. The van der Waals surface area contributed by atoms with Crippen LogP contribution in [0.5, 0.6) is 0 Å². The van der Waals surface area contributed by atoms with Gasteiger partial charge in [-0.2, -0.15) is 0 Å². The highest BCUT2D eigenvalue weighted by molar-refractivity contribution is 5.76. The molecule has 0 aromatic carbocycles. The number of likely N-dealkylation sites (tertiary alicyclic amines) is 1. The molecule has 1 saturated carbocycles. The summed E-state index contributed by atoms with van der Waals surface area (Å²) in [4.78, 5) is 26.8. The molecule has 0 radical (unpaired) electrons. The molecule has 4 rings (SSSR count). The van der Waals surface area contributed by atoms with Crippen LogP contribution < -0.4 is 5.32 Å². The van der Waals surface area contributed by atoms with Gasteiger partial charge in [-0.3, -0.25) is 4.79 Å². The topological polar surface area (TPSA) is 61.4 Å². The van der Waals surface area contributed by atoms with Gasteiger partial charge >= 0.3 is 0 Å². The van der Waals surface area contributed by atoms with Crippen molar-refractivity contribution in [2.24, 2.45) is 5.92 Å². The number of anilines is 1. The standard InChI is InChI=1S/C20H31N5O/c1-21-20-16-13-24(2)9-8-17(16)22-19(23-20)15-7-10-25(12-15)18(26)11-14-5-3-4-6-14/h14-15H,3-13H2,1-2H3,(H,21,22,23)/t15-/m0/s1. The van der Waals surface area contributed by atoms with Crippen molar-refractivity contribution in [1.82, 2.24) is 19.8 Å². The number of nitrogens with one attached hydrogen (secondary N) is 1. The SMILES string of the molecule is CNc1nc([C@H]2CCN(C(=O)CC3CCCC3)C2)nc2c1CN(C)CC2. The number of likely N-dealkylation sites (N-methyl/N-ethyl adjacent to an activating group) is 1. The number of hydrogen-bond acceptors (Lipinski definition) is 5. The summed E-state index contributed by atoms with van der Waals surface area (Å²) in [5.41, 5.74) is 2.42. The average Bonchev–Trinajstić information content (AvgIpc) is 3.32. The third-order valence-corrected chi connectivity index (χ3v) is 6.35. The molecule has 142 valence electrons. The Kier molecular flexibility index (Phi) is 5.11. The minimum absolute atomic E-state index is 0.277. The van der Waals surface area contributed by atoms with Crippen LogP contribution in [0, 0.1) is 5.92 Å². The zero-order valence-corrected chi connectivity index (χ0v) is 16.1. The molecule has 1 amide bonds. The van der Waals surface area contributed by atoms with E-state index in [0.717, 1.165) is 57.1 Å². The lowest BCUT2D eigenvalue weighted by atomic mass is 10.0. The van der Waals surface area contributed by atoms with Crippen LogP contribution in [0.25, 0.3) is 0 Å². The minimum atomic E-state index is 0.277. The van der Waals surface area contributed by atoms with E-state index < -0.39 is 0 Å². The van der Waals surface area contributed by atoms with E-state index in [0.29, 0.717) is 11.8 Å². The van der Waals surface area contributed by atoms with Crippen LogP contribution in [0.3, 0.4) is 0 Å². The summed E-state index contributed by atoms with van der Waals surface area (Å²) in [5, 5.41) is 3.26. The van der Waals surface area contributed by atoms with Gasteiger partial charge in [0.2, 0.25) is 5.91 Å². The molecule has 2 aliphatic heterocycles. The largest absolute Gasteiger partial charge is 0.373 e. The Bertz CT molecular complexity index is 653. The first-order chi connectivity index (χ1) is 12.6. The molecule has 0 unspecified atom stereocenters. The Morgan fingerprint density at radius 2 is 2.00 bits per heavy atom. The van der Waals surface area contributed by atoms with Crippen LogP contribution in [0.1, 0.15) is 61.5 Å². The van der Waals surface area contributed by atoms with E-state index in [1.165, 1.54) is 36.9 Å². The van der Waals surface area contributed by atoms with E-state index in [9.17, 15) is 4.79 Å². The lowest BCUT2D eigenvalue weighted by Crippen LogP contribution is -2.31. The Morgan fingerprint density at radius 3 is 2.77 bits per heavy atom. The van der Waals surface area contributed by atoms with Gasteiger partial charge in [0.05, 0.1) is 5.69 Å². The molecule has 1 saturated heterocycles. The Labute approximate surface area is 156 Å². The maximum atomic E-state index is 12.6. The highest BCUT2D eigenvalue weighted by atomic mass is 16.2. The van der Waals surface area contributed by atoms with Gasteiger partial charge in [-0.05, 0) is 32.2 Å².